The monoisotopic (exact) mass is 418 g/mol. The Morgan fingerprint density at radius 3 is 2.55 bits per heavy atom. The van der Waals surface area contributed by atoms with E-state index in [1.54, 1.807) is 26.2 Å². The van der Waals surface area contributed by atoms with Crippen LogP contribution in [-0.2, 0) is 26.1 Å². The molecule has 1 aliphatic heterocycles. The Bertz CT molecular complexity index is 1120. The number of hydrogen-bond donors (Lipinski definition) is 0. The maximum Gasteiger partial charge on any atom is 0.253 e. The van der Waals surface area contributed by atoms with Crippen molar-refractivity contribution in [3.63, 3.8) is 0 Å². The largest absolute Gasteiger partial charge is 0.482 e. The van der Waals surface area contributed by atoms with Crippen LogP contribution in [0.1, 0.15) is 32.8 Å². The van der Waals surface area contributed by atoms with E-state index in [1.807, 2.05) is 12.1 Å². The van der Waals surface area contributed by atoms with Gasteiger partial charge in [0.15, 0.2) is 0 Å². The van der Waals surface area contributed by atoms with Crippen molar-refractivity contribution in [3.8, 4) is 5.75 Å². The van der Waals surface area contributed by atoms with Crippen LogP contribution < -0.4 is 10.2 Å². The Labute approximate surface area is 181 Å². The number of nitrogens with zero attached hydrogens (tertiary/aromatic N) is 2. The van der Waals surface area contributed by atoms with Crippen LogP contribution in [0.2, 0.25) is 0 Å². The summed E-state index contributed by atoms with van der Waals surface area (Å²) in [4.78, 5) is 28.2. The summed E-state index contributed by atoms with van der Waals surface area (Å²) in [5, 5.41) is 0. The Hall–Kier alpha value is -3.38. The summed E-state index contributed by atoms with van der Waals surface area (Å²) in [6.45, 7) is 2.60. The number of carbonyl (C=O) groups is 1. The fourth-order valence-electron chi connectivity index (χ4n) is 3.70. The molecule has 0 saturated carbocycles. The van der Waals surface area contributed by atoms with Crippen molar-refractivity contribution in [2.24, 2.45) is 0 Å². The number of fused-ring (bicyclic) bond motifs is 1. The van der Waals surface area contributed by atoms with E-state index in [9.17, 15) is 9.59 Å². The predicted molar refractivity (Wildman–Crippen MR) is 118 cm³/mol. The van der Waals surface area contributed by atoms with Gasteiger partial charge in [0, 0.05) is 38.8 Å². The zero-order valence-electron chi connectivity index (χ0n) is 17.8. The molecule has 0 atom stereocenters. The number of benzene rings is 2. The second kappa shape index (κ2) is 9.18. The Kier molecular flexibility index (Phi) is 6.18. The zero-order valence-corrected chi connectivity index (χ0v) is 17.8. The molecular formula is C25H26N2O4. The first-order valence-electron chi connectivity index (χ1n) is 10.3. The number of hydrogen-bond acceptors (Lipinski definition) is 5. The molecular weight excluding hydrogens is 392 g/mol. The maximum atomic E-state index is 12.5. The number of amides is 1. The molecule has 1 aliphatic rings. The number of carbonyl (C=O) groups excluding carboxylic acids is 1. The summed E-state index contributed by atoms with van der Waals surface area (Å²) in [6, 6.07) is 17.1. The van der Waals surface area contributed by atoms with E-state index in [0.717, 1.165) is 25.1 Å². The average Bonchev–Trinajstić information content (AvgIpc) is 2.78. The second-order valence-electron chi connectivity index (χ2n) is 7.99. The SMILES string of the molecule is CN(C)C(=O)c1ccc(COc2coc(CN3CCc4ccccc4C3)cc2=O)cc1. The van der Waals surface area contributed by atoms with Crippen LogP contribution in [-0.4, -0.2) is 36.3 Å². The van der Waals surface area contributed by atoms with E-state index >= 15 is 0 Å². The van der Waals surface area contributed by atoms with Crippen LogP contribution in [0.5, 0.6) is 5.75 Å². The molecule has 0 unspecified atom stereocenters. The molecule has 4 rings (SSSR count). The Morgan fingerprint density at radius 2 is 1.84 bits per heavy atom. The van der Waals surface area contributed by atoms with E-state index in [2.05, 4.69) is 29.2 Å². The number of ether oxygens (including phenoxy) is 1. The smallest absolute Gasteiger partial charge is 0.253 e. The van der Waals surface area contributed by atoms with Crippen molar-refractivity contribution in [3.05, 3.63) is 99.1 Å². The van der Waals surface area contributed by atoms with Crippen molar-refractivity contribution in [1.29, 1.82) is 0 Å². The molecule has 31 heavy (non-hydrogen) atoms. The molecule has 0 radical (unpaired) electrons. The van der Waals surface area contributed by atoms with Gasteiger partial charge in [-0.1, -0.05) is 36.4 Å². The van der Waals surface area contributed by atoms with Crippen LogP contribution >= 0.6 is 0 Å². The molecule has 2 aromatic carbocycles. The van der Waals surface area contributed by atoms with Crippen molar-refractivity contribution < 1.29 is 13.9 Å². The van der Waals surface area contributed by atoms with Crippen molar-refractivity contribution >= 4 is 5.91 Å². The predicted octanol–water partition coefficient (Wildman–Crippen LogP) is 3.48. The molecule has 0 fully saturated rings. The first-order chi connectivity index (χ1) is 15.0. The quantitative estimate of drug-likeness (QED) is 0.613. The Morgan fingerprint density at radius 1 is 1.10 bits per heavy atom. The summed E-state index contributed by atoms with van der Waals surface area (Å²) < 4.78 is 11.3. The van der Waals surface area contributed by atoms with Gasteiger partial charge in [0.25, 0.3) is 5.91 Å². The topological polar surface area (TPSA) is 63.0 Å². The van der Waals surface area contributed by atoms with E-state index < -0.39 is 0 Å². The van der Waals surface area contributed by atoms with Gasteiger partial charge >= 0.3 is 0 Å². The van der Waals surface area contributed by atoms with E-state index in [4.69, 9.17) is 9.15 Å². The summed E-state index contributed by atoms with van der Waals surface area (Å²) in [5.41, 5.74) is 4.00. The van der Waals surface area contributed by atoms with Crippen LogP contribution in [0.25, 0.3) is 0 Å². The molecule has 0 spiro atoms. The molecule has 6 heteroatoms. The van der Waals surface area contributed by atoms with Gasteiger partial charge in [-0.3, -0.25) is 14.5 Å². The van der Waals surface area contributed by atoms with Crippen molar-refractivity contribution in [2.75, 3.05) is 20.6 Å². The average molecular weight is 418 g/mol. The van der Waals surface area contributed by atoms with Crippen LogP contribution in [0.4, 0.5) is 0 Å². The van der Waals surface area contributed by atoms with Gasteiger partial charge in [0.05, 0.1) is 6.54 Å². The van der Waals surface area contributed by atoms with Crippen LogP contribution in [0, 0.1) is 0 Å². The molecule has 1 amide bonds. The van der Waals surface area contributed by atoms with Crippen LogP contribution in [0.15, 0.2) is 70.1 Å². The molecule has 0 bridgehead atoms. The van der Waals surface area contributed by atoms with Gasteiger partial charge in [-0.25, -0.2) is 0 Å². The molecule has 1 aromatic heterocycles. The first-order valence-corrected chi connectivity index (χ1v) is 10.3. The summed E-state index contributed by atoms with van der Waals surface area (Å²) >= 11 is 0. The maximum absolute atomic E-state index is 12.5. The lowest BCUT2D eigenvalue weighted by Crippen LogP contribution is -2.30. The molecule has 0 saturated heterocycles. The third-order valence-electron chi connectivity index (χ3n) is 5.44. The fraction of sp³-hybridized carbons (Fsp3) is 0.280. The van der Waals surface area contributed by atoms with E-state index in [0.29, 0.717) is 17.9 Å². The number of rotatable bonds is 6. The Balaban J connectivity index is 1.35. The highest BCUT2D eigenvalue weighted by Gasteiger charge is 2.17. The lowest BCUT2D eigenvalue weighted by molar-refractivity contribution is 0.0827. The molecule has 160 valence electrons. The summed E-state index contributed by atoms with van der Waals surface area (Å²) in [6.07, 6.45) is 2.39. The van der Waals surface area contributed by atoms with Gasteiger partial charge in [-0.2, -0.15) is 0 Å². The van der Waals surface area contributed by atoms with Crippen molar-refractivity contribution in [2.45, 2.75) is 26.1 Å². The van der Waals surface area contributed by atoms with Crippen molar-refractivity contribution in [1.82, 2.24) is 9.80 Å². The highest BCUT2D eigenvalue weighted by Crippen LogP contribution is 2.20. The minimum Gasteiger partial charge on any atom is -0.482 e. The van der Waals surface area contributed by atoms with E-state index in [-0.39, 0.29) is 23.7 Å². The summed E-state index contributed by atoms with van der Waals surface area (Å²) in [7, 11) is 3.43. The fourth-order valence-corrected chi connectivity index (χ4v) is 3.70. The minimum atomic E-state index is -0.196. The van der Waals surface area contributed by atoms with Gasteiger partial charge in [-0.05, 0) is 35.2 Å². The highest BCUT2D eigenvalue weighted by atomic mass is 16.5. The lowest BCUT2D eigenvalue weighted by atomic mass is 10.00. The molecule has 6 nitrogen and oxygen atoms in total. The summed E-state index contributed by atoms with van der Waals surface area (Å²) in [5.74, 6) is 0.755. The molecule has 2 heterocycles. The standard InChI is InChI=1S/C25H26N2O4/c1-26(2)25(29)20-9-7-18(8-10-20)16-31-24-17-30-22(13-23(24)28)15-27-12-11-19-5-3-4-6-21(19)14-27/h3-10,13,17H,11-12,14-16H2,1-2H3. The molecule has 0 N–H and O–H groups in total. The first kappa shape index (κ1) is 20.9. The lowest BCUT2D eigenvalue weighted by Gasteiger charge is -2.28. The second-order valence-corrected chi connectivity index (χ2v) is 7.99. The zero-order chi connectivity index (χ0) is 21.8. The third kappa shape index (κ3) is 5.03. The van der Waals surface area contributed by atoms with Gasteiger partial charge in [-0.15, -0.1) is 0 Å². The highest BCUT2D eigenvalue weighted by molar-refractivity contribution is 5.93. The third-order valence-corrected chi connectivity index (χ3v) is 5.44. The molecule has 0 aliphatic carbocycles. The van der Waals surface area contributed by atoms with Gasteiger partial charge in [0.2, 0.25) is 11.2 Å². The van der Waals surface area contributed by atoms with E-state index in [1.165, 1.54) is 28.4 Å². The van der Waals surface area contributed by atoms with Gasteiger partial charge < -0.3 is 14.1 Å². The normalized spacial score (nSPS) is 13.5. The molecule has 3 aromatic rings. The van der Waals surface area contributed by atoms with Gasteiger partial charge in [0.1, 0.15) is 18.6 Å². The minimum absolute atomic E-state index is 0.0547. The van der Waals surface area contributed by atoms with Crippen LogP contribution in [0.3, 0.4) is 0 Å².